The van der Waals surface area contributed by atoms with Crippen molar-refractivity contribution in [2.45, 2.75) is 32.2 Å². The number of rotatable bonds is 8. The maximum atomic E-state index is 12.0. The number of nitrogens with zero attached hydrogens (tertiary/aromatic N) is 2. The van der Waals surface area contributed by atoms with Crippen LogP contribution in [0, 0.1) is 0 Å². The van der Waals surface area contributed by atoms with Crippen LogP contribution in [0.4, 0.5) is 11.5 Å². The first-order chi connectivity index (χ1) is 13.5. The fourth-order valence-electron chi connectivity index (χ4n) is 3.29. The molecule has 1 aliphatic carbocycles. The number of benzene rings is 1. The van der Waals surface area contributed by atoms with Crippen LogP contribution < -0.4 is 9.62 Å². The van der Waals surface area contributed by atoms with Crippen molar-refractivity contribution < 1.29 is 13.2 Å². The van der Waals surface area contributed by atoms with Gasteiger partial charge in [0.1, 0.15) is 11.5 Å². The molecule has 0 saturated heterocycles. The number of nitrogens with one attached hydrogen (secondary N) is 2. The molecule has 146 valence electrons. The van der Waals surface area contributed by atoms with Crippen molar-refractivity contribution in [2.24, 2.45) is 0 Å². The number of aromatic nitrogens is 2. The van der Waals surface area contributed by atoms with Gasteiger partial charge in [0.2, 0.25) is 16.4 Å². The Bertz CT molecular complexity index is 1100. The summed E-state index contributed by atoms with van der Waals surface area (Å²) in [6.07, 6.45) is 5.20. The summed E-state index contributed by atoms with van der Waals surface area (Å²) in [4.78, 5) is 20.9. The van der Waals surface area contributed by atoms with Crippen LogP contribution in [-0.2, 0) is 14.8 Å². The van der Waals surface area contributed by atoms with Crippen molar-refractivity contribution in [3.05, 3.63) is 42.6 Å². The number of fused-ring (bicyclic) bond motifs is 1. The zero-order valence-electron chi connectivity index (χ0n) is 15.6. The van der Waals surface area contributed by atoms with Gasteiger partial charge in [-0.1, -0.05) is 19.1 Å². The number of hydrogen-bond donors (Lipinski definition) is 2. The van der Waals surface area contributed by atoms with Crippen molar-refractivity contribution >= 4 is 39.0 Å². The lowest BCUT2D eigenvalue weighted by atomic mass is 10.0. The molecule has 3 aromatic rings. The van der Waals surface area contributed by atoms with Crippen molar-refractivity contribution in [3.8, 4) is 11.1 Å². The number of H-pyrrole nitrogens is 1. The van der Waals surface area contributed by atoms with E-state index in [-0.39, 0.29) is 11.8 Å². The molecule has 7 nitrogen and oxygen atoms in total. The fraction of sp³-hybridized carbons (Fsp3) is 0.300. The normalized spacial score (nSPS) is 14.2. The predicted molar refractivity (Wildman–Crippen MR) is 111 cm³/mol. The third kappa shape index (κ3) is 3.73. The molecule has 2 heterocycles. The second-order valence-corrected chi connectivity index (χ2v) is 8.85. The topological polar surface area (TPSA) is 95.2 Å². The number of hydrogen-bond acceptors (Lipinski definition) is 4. The minimum Gasteiger partial charge on any atom is -0.346 e. The van der Waals surface area contributed by atoms with Gasteiger partial charge >= 0.3 is 0 Å². The molecule has 0 atom stereocenters. The van der Waals surface area contributed by atoms with E-state index in [2.05, 4.69) is 14.7 Å². The average molecular weight is 398 g/mol. The monoisotopic (exact) mass is 398 g/mol. The molecule has 1 amide bonds. The number of amides is 1. The van der Waals surface area contributed by atoms with Gasteiger partial charge in [-0.25, -0.2) is 13.4 Å². The minimum atomic E-state index is -3.32. The van der Waals surface area contributed by atoms with Gasteiger partial charge in [0, 0.05) is 23.3 Å². The standard InChI is InChI=1S/C20H22N4O3S/c1-2-11-28(26,27)23-15-5-3-14(4-6-15)18-12-19(24(13-25)16-7-8-16)22-20-17(18)9-10-21-20/h3-6,9-10,12-13,16,23H,2,7-8,11H2,1H3,(H,21,22). The first-order valence-corrected chi connectivity index (χ1v) is 11.0. The van der Waals surface area contributed by atoms with Crippen molar-refractivity contribution in [2.75, 3.05) is 15.4 Å². The zero-order valence-corrected chi connectivity index (χ0v) is 16.4. The second kappa shape index (κ2) is 7.27. The van der Waals surface area contributed by atoms with Crippen LogP contribution in [0.25, 0.3) is 22.2 Å². The van der Waals surface area contributed by atoms with Crippen LogP contribution in [0.3, 0.4) is 0 Å². The van der Waals surface area contributed by atoms with Crippen molar-refractivity contribution in [3.63, 3.8) is 0 Å². The van der Waals surface area contributed by atoms with E-state index in [0.717, 1.165) is 35.8 Å². The van der Waals surface area contributed by atoms with Gasteiger partial charge in [0.05, 0.1) is 5.75 Å². The van der Waals surface area contributed by atoms with Crippen LogP contribution in [-0.4, -0.2) is 36.6 Å². The molecule has 0 radical (unpaired) electrons. The third-order valence-electron chi connectivity index (χ3n) is 4.78. The van der Waals surface area contributed by atoms with Crippen LogP contribution in [0.2, 0.25) is 0 Å². The molecule has 1 fully saturated rings. The van der Waals surface area contributed by atoms with E-state index in [1.54, 1.807) is 17.0 Å². The summed E-state index contributed by atoms with van der Waals surface area (Å²) in [7, 11) is -3.32. The van der Waals surface area contributed by atoms with Gasteiger partial charge < -0.3 is 4.98 Å². The fourth-order valence-corrected chi connectivity index (χ4v) is 4.43. The molecule has 0 bridgehead atoms. The predicted octanol–water partition coefficient (Wildman–Crippen LogP) is 3.51. The number of aromatic amines is 1. The summed E-state index contributed by atoms with van der Waals surface area (Å²) in [5.41, 5.74) is 3.11. The molecule has 1 aliphatic rings. The summed E-state index contributed by atoms with van der Waals surface area (Å²) in [5, 5.41) is 0.949. The molecule has 8 heteroatoms. The minimum absolute atomic E-state index is 0.0924. The van der Waals surface area contributed by atoms with Gasteiger partial charge in [-0.15, -0.1) is 0 Å². The highest BCUT2D eigenvalue weighted by Gasteiger charge is 2.30. The largest absolute Gasteiger partial charge is 0.346 e. The summed E-state index contributed by atoms with van der Waals surface area (Å²) < 4.78 is 26.5. The Labute approximate surface area is 163 Å². The molecular formula is C20H22N4O3S. The molecule has 1 aromatic carbocycles. The van der Waals surface area contributed by atoms with Gasteiger partial charge in [-0.2, -0.15) is 0 Å². The summed E-state index contributed by atoms with van der Waals surface area (Å²) in [6.45, 7) is 1.83. The van der Waals surface area contributed by atoms with E-state index in [9.17, 15) is 13.2 Å². The van der Waals surface area contributed by atoms with Crippen molar-refractivity contribution in [1.82, 2.24) is 9.97 Å². The second-order valence-electron chi connectivity index (χ2n) is 7.01. The zero-order chi connectivity index (χ0) is 19.7. The van der Waals surface area contributed by atoms with E-state index in [4.69, 9.17) is 0 Å². The van der Waals surface area contributed by atoms with E-state index >= 15 is 0 Å². The molecule has 0 spiro atoms. The average Bonchev–Trinajstić information content (AvgIpc) is 3.38. The van der Waals surface area contributed by atoms with E-state index < -0.39 is 10.0 Å². The lowest BCUT2D eigenvalue weighted by Gasteiger charge is -2.17. The Kier molecular flexibility index (Phi) is 4.80. The van der Waals surface area contributed by atoms with E-state index in [0.29, 0.717) is 23.6 Å². The third-order valence-corrected chi connectivity index (χ3v) is 6.27. The summed E-state index contributed by atoms with van der Waals surface area (Å²) in [6, 6.07) is 11.3. The van der Waals surface area contributed by atoms with Crippen LogP contribution in [0.5, 0.6) is 0 Å². The Hall–Kier alpha value is -2.87. The number of carbonyl (C=O) groups is 1. The van der Waals surface area contributed by atoms with E-state index in [1.807, 2.05) is 37.4 Å². The molecule has 1 saturated carbocycles. The summed E-state index contributed by atoms with van der Waals surface area (Å²) >= 11 is 0. The maximum absolute atomic E-state index is 12.0. The quantitative estimate of drug-likeness (QED) is 0.568. The first kappa shape index (κ1) is 18.5. The first-order valence-electron chi connectivity index (χ1n) is 9.33. The Morgan fingerprint density at radius 2 is 2.00 bits per heavy atom. The SMILES string of the molecule is CCCS(=O)(=O)Nc1ccc(-c2cc(N(C=O)C3CC3)nc3[nH]ccc23)cc1. The van der Waals surface area contributed by atoms with Crippen LogP contribution in [0.15, 0.2) is 42.6 Å². The molecule has 2 aromatic heterocycles. The Balaban J connectivity index is 1.70. The highest BCUT2D eigenvalue weighted by molar-refractivity contribution is 7.92. The molecule has 0 unspecified atom stereocenters. The number of anilines is 2. The van der Waals surface area contributed by atoms with Gasteiger partial charge in [0.15, 0.2) is 0 Å². The lowest BCUT2D eigenvalue weighted by Crippen LogP contribution is -2.24. The number of pyridine rings is 1. The molecule has 4 rings (SSSR count). The Morgan fingerprint density at radius 1 is 1.25 bits per heavy atom. The van der Waals surface area contributed by atoms with Gasteiger partial charge in [-0.3, -0.25) is 14.4 Å². The molecular weight excluding hydrogens is 376 g/mol. The smallest absolute Gasteiger partial charge is 0.232 e. The van der Waals surface area contributed by atoms with Crippen LogP contribution >= 0.6 is 0 Å². The molecule has 0 aliphatic heterocycles. The highest BCUT2D eigenvalue weighted by atomic mass is 32.2. The number of carbonyl (C=O) groups excluding carboxylic acids is 1. The lowest BCUT2D eigenvalue weighted by molar-refractivity contribution is -0.107. The maximum Gasteiger partial charge on any atom is 0.232 e. The van der Waals surface area contributed by atoms with E-state index in [1.165, 1.54) is 0 Å². The number of sulfonamides is 1. The Morgan fingerprint density at radius 3 is 2.64 bits per heavy atom. The van der Waals surface area contributed by atoms with Crippen molar-refractivity contribution in [1.29, 1.82) is 0 Å². The van der Waals surface area contributed by atoms with Crippen LogP contribution in [0.1, 0.15) is 26.2 Å². The molecule has 2 N–H and O–H groups in total. The molecule has 28 heavy (non-hydrogen) atoms. The van der Waals surface area contributed by atoms with Gasteiger partial charge in [-0.05, 0) is 54.7 Å². The summed E-state index contributed by atoms with van der Waals surface area (Å²) in [5.74, 6) is 0.713. The highest BCUT2D eigenvalue weighted by Crippen LogP contribution is 2.35. The van der Waals surface area contributed by atoms with Gasteiger partial charge in [0.25, 0.3) is 0 Å².